The molecule has 1 saturated carbocycles. The van der Waals surface area contributed by atoms with Crippen molar-refractivity contribution in [2.45, 2.75) is 39.7 Å². The van der Waals surface area contributed by atoms with Gasteiger partial charge in [0.15, 0.2) is 0 Å². The average Bonchev–Trinajstić information content (AvgIpc) is 2.84. The number of rotatable bonds is 5. The first-order chi connectivity index (χ1) is 11.2. The van der Waals surface area contributed by atoms with Gasteiger partial charge in [0.05, 0.1) is 11.8 Å². The predicted octanol–water partition coefficient (Wildman–Crippen LogP) is 3.93. The fraction of sp³-hybridized carbons (Fsp3) is 0.500. The van der Waals surface area contributed by atoms with E-state index in [1.807, 2.05) is 52.0 Å². The number of carbonyl (C=O) groups excluding carboxylic acids is 1. The lowest BCUT2D eigenvalue weighted by Crippen LogP contribution is -2.36. The van der Waals surface area contributed by atoms with Crippen LogP contribution in [0.3, 0.4) is 0 Å². The highest BCUT2D eigenvalue weighted by Crippen LogP contribution is 2.44. The summed E-state index contributed by atoms with van der Waals surface area (Å²) in [6, 6.07) is 7.80. The number of ether oxygens (including phenoxy) is 1. The Morgan fingerprint density at radius 2 is 1.83 bits per heavy atom. The largest absolute Gasteiger partial charge is 0.481 e. The molecule has 1 N–H and O–H groups in total. The minimum absolute atomic E-state index is 0.0459. The predicted molar refractivity (Wildman–Crippen MR) is 92.4 cm³/mol. The number of hydrogen-bond acceptors (Lipinski definition) is 3. The summed E-state index contributed by atoms with van der Waals surface area (Å²) in [5.74, 6) is -3.05. The van der Waals surface area contributed by atoms with Crippen molar-refractivity contribution < 1.29 is 19.4 Å². The van der Waals surface area contributed by atoms with Crippen molar-refractivity contribution >= 4 is 11.9 Å². The molecule has 24 heavy (non-hydrogen) atoms. The Kier molecular flexibility index (Phi) is 5.16. The van der Waals surface area contributed by atoms with Crippen LogP contribution in [-0.2, 0) is 19.9 Å². The van der Waals surface area contributed by atoms with Gasteiger partial charge in [-0.25, -0.2) is 0 Å². The second kappa shape index (κ2) is 6.80. The van der Waals surface area contributed by atoms with E-state index in [-0.39, 0.29) is 11.8 Å². The van der Waals surface area contributed by atoms with E-state index in [9.17, 15) is 14.7 Å². The third-order valence-corrected chi connectivity index (χ3v) is 5.07. The molecule has 0 saturated heterocycles. The number of benzene rings is 1. The molecule has 4 unspecified atom stereocenters. The van der Waals surface area contributed by atoms with E-state index in [1.54, 1.807) is 6.08 Å². The molecule has 130 valence electrons. The fourth-order valence-corrected chi connectivity index (χ4v) is 3.63. The molecule has 0 spiro atoms. The molecular weight excluding hydrogens is 304 g/mol. The van der Waals surface area contributed by atoms with Crippen LogP contribution in [0, 0.1) is 30.6 Å². The van der Waals surface area contributed by atoms with E-state index in [4.69, 9.17) is 4.74 Å². The van der Waals surface area contributed by atoms with Gasteiger partial charge < -0.3 is 9.84 Å². The molecule has 1 aromatic carbocycles. The van der Waals surface area contributed by atoms with Crippen molar-refractivity contribution in [2.75, 3.05) is 0 Å². The second-order valence-corrected chi connectivity index (χ2v) is 7.30. The third kappa shape index (κ3) is 3.53. The number of aliphatic carboxylic acids is 1. The van der Waals surface area contributed by atoms with Crippen LogP contribution in [-0.4, -0.2) is 17.0 Å². The maximum Gasteiger partial charge on any atom is 0.310 e. The molecule has 4 heteroatoms. The van der Waals surface area contributed by atoms with Crippen LogP contribution >= 0.6 is 0 Å². The lowest BCUT2D eigenvalue weighted by Gasteiger charge is -2.29. The molecule has 4 atom stereocenters. The van der Waals surface area contributed by atoms with Gasteiger partial charge in [0.25, 0.3) is 0 Å². The molecule has 0 aliphatic heterocycles. The van der Waals surface area contributed by atoms with Crippen LogP contribution in [0.4, 0.5) is 0 Å². The Bertz CT molecular complexity index is 630. The number of hydrogen-bond donors (Lipinski definition) is 1. The number of aryl methyl sites for hydroxylation is 1. The van der Waals surface area contributed by atoms with Crippen LogP contribution in [0.15, 0.2) is 36.9 Å². The minimum atomic E-state index is -0.959. The van der Waals surface area contributed by atoms with Gasteiger partial charge in [0.2, 0.25) is 0 Å². The molecule has 0 aromatic heterocycles. The quantitative estimate of drug-likeness (QED) is 0.656. The van der Waals surface area contributed by atoms with Crippen molar-refractivity contribution in [3.8, 4) is 0 Å². The summed E-state index contributed by atoms with van der Waals surface area (Å²) >= 11 is 0. The van der Waals surface area contributed by atoms with E-state index < -0.39 is 29.4 Å². The zero-order chi connectivity index (χ0) is 18.1. The van der Waals surface area contributed by atoms with E-state index in [0.717, 1.165) is 11.1 Å². The Balaban J connectivity index is 2.22. The van der Waals surface area contributed by atoms with Gasteiger partial charge in [0, 0.05) is 0 Å². The molecule has 0 radical (unpaired) electrons. The van der Waals surface area contributed by atoms with Crippen LogP contribution in [0.1, 0.15) is 38.3 Å². The van der Waals surface area contributed by atoms with E-state index in [1.165, 1.54) is 0 Å². The molecule has 1 aromatic rings. The van der Waals surface area contributed by atoms with Crippen LogP contribution in [0.2, 0.25) is 0 Å². The summed E-state index contributed by atoms with van der Waals surface area (Å²) < 4.78 is 5.75. The fourth-order valence-electron chi connectivity index (χ4n) is 3.63. The van der Waals surface area contributed by atoms with E-state index in [2.05, 4.69) is 6.58 Å². The number of carboxylic acid groups (broad SMARTS) is 1. The second-order valence-electron chi connectivity index (χ2n) is 7.30. The van der Waals surface area contributed by atoms with Gasteiger partial charge in [-0.2, -0.15) is 0 Å². The Hall–Kier alpha value is -2.10. The summed E-state index contributed by atoms with van der Waals surface area (Å²) in [6.07, 6.45) is 2.29. The van der Waals surface area contributed by atoms with Gasteiger partial charge in [0.1, 0.15) is 5.60 Å². The Labute approximate surface area is 143 Å². The standard InChI is InChI=1S/C20H26O4/c1-6-14-11-13(3)16(17(14)18(21)22)19(23)24-20(4,5)15-9-7-12(2)8-10-15/h6-10,13-14,16-17H,1,11H2,2-5H3,(H,21,22). The average molecular weight is 330 g/mol. The maximum atomic E-state index is 12.8. The summed E-state index contributed by atoms with van der Waals surface area (Å²) in [5.41, 5.74) is 1.21. The summed E-state index contributed by atoms with van der Waals surface area (Å²) in [7, 11) is 0. The number of carbonyl (C=O) groups is 2. The molecular formula is C20H26O4. The highest BCUT2D eigenvalue weighted by molar-refractivity contribution is 5.83. The van der Waals surface area contributed by atoms with Crippen LogP contribution < -0.4 is 0 Å². The van der Waals surface area contributed by atoms with Gasteiger partial charge in [-0.15, -0.1) is 6.58 Å². The molecule has 0 bridgehead atoms. The van der Waals surface area contributed by atoms with Gasteiger partial charge in [-0.1, -0.05) is 42.8 Å². The minimum Gasteiger partial charge on any atom is -0.481 e. The smallest absolute Gasteiger partial charge is 0.310 e. The zero-order valence-corrected chi connectivity index (χ0v) is 14.8. The van der Waals surface area contributed by atoms with Crippen molar-refractivity contribution in [3.05, 3.63) is 48.0 Å². The molecule has 4 nitrogen and oxygen atoms in total. The number of allylic oxidation sites excluding steroid dienone is 1. The molecule has 1 fully saturated rings. The number of esters is 1. The van der Waals surface area contributed by atoms with Gasteiger partial charge >= 0.3 is 11.9 Å². The summed E-state index contributed by atoms with van der Waals surface area (Å²) in [5, 5.41) is 9.54. The highest BCUT2D eigenvalue weighted by atomic mass is 16.6. The lowest BCUT2D eigenvalue weighted by molar-refractivity contribution is -0.169. The first kappa shape index (κ1) is 18.2. The third-order valence-electron chi connectivity index (χ3n) is 5.07. The molecule has 0 amide bonds. The molecule has 1 aliphatic rings. The number of carboxylic acids is 1. The normalized spacial score (nSPS) is 26.8. The van der Waals surface area contributed by atoms with Gasteiger partial charge in [-0.05, 0) is 44.6 Å². The Morgan fingerprint density at radius 1 is 1.25 bits per heavy atom. The SMILES string of the molecule is C=CC1CC(C)C(C(=O)OC(C)(C)c2ccc(C)cc2)C1C(=O)O. The summed E-state index contributed by atoms with van der Waals surface area (Å²) in [4.78, 5) is 24.4. The topological polar surface area (TPSA) is 63.6 Å². The maximum absolute atomic E-state index is 12.8. The highest BCUT2D eigenvalue weighted by Gasteiger charge is 2.49. The van der Waals surface area contributed by atoms with E-state index in [0.29, 0.717) is 6.42 Å². The molecule has 1 aliphatic carbocycles. The van der Waals surface area contributed by atoms with Crippen LogP contribution in [0.25, 0.3) is 0 Å². The van der Waals surface area contributed by atoms with Crippen LogP contribution in [0.5, 0.6) is 0 Å². The van der Waals surface area contributed by atoms with Crippen molar-refractivity contribution in [2.24, 2.45) is 23.7 Å². The zero-order valence-electron chi connectivity index (χ0n) is 14.8. The first-order valence-corrected chi connectivity index (χ1v) is 8.32. The molecule has 0 heterocycles. The first-order valence-electron chi connectivity index (χ1n) is 8.32. The van der Waals surface area contributed by atoms with Gasteiger partial charge in [-0.3, -0.25) is 9.59 Å². The van der Waals surface area contributed by atoms with Crippen molar-refractivity contribution in [3.63, 3.8) is 0 Å². The Morgan fingerprint density at radius 3 is 2.33 bits per heavy atom. The van der Waals surface area contributed by atoms with Crippen molar-refractivity contribution in [1.29, 1.82) is 0 Å². The lowest BCUT2D eigenvalue weighted by atomic mass is 9.87. The summed E-state index contributed by atoms with van der Waals surface area (Å²) in [6.45, 7) is 11.3. The van der Waals surface area contributed by atoms with E-state index >= 15 is 0 Å². The molecule has 2 rings (SSSR count). The van der Waals surface area contributed by atoms with Crippen molar-refractivity contribution in [1.82, 2.24) is 0 Å². The monoisotopic (exact) mass is 330 g/mol.